The van der Waals surface area contributed by atoms with Crippen LogP contribution in [0.15, 0.2) is 0 Å². The molecule has 1 atom stereocenters. The number of hydrogen-bond donors (Lipinski definition) is 2. The van der Waals surface area contributed by atoms with Gasteiger partial charge >= 0.3 is 0 Å². The Morgan fingerprint density at radius 3 is 2.53 bits per heavy atom. The van der Waals surface area contributed by atoms with Gasteiger partial charge in [-0.2, -0.15) is 0 Å². The largest absolute Gasteiger partial charge is 0.392 e. The molecular formula is C13H26N2O2. The lowest BCUT2D eigenvalue weighted by atomic mass is 9.81. The van der Waals surface area contributed by atoms with Gasteiger partial charge in [0.05, 0.1) is 12.6 Å². The van der Waals surface area contributed by atoms with E-state index in [4.69, 9.17) is 0 Å². The van der Waals surface area contributed by atoms with Crippen LogP contribution < -0.4 is 5.32 Å². The summed E-state index contributed by atoms with van der Waals surface area (Å²) in [5, 5.41) is 12.8. The first-order valence-electron chi connectivity index (χ1n) is 6.32. The quantitative estimate of drug-likeness (QED) is 0.759. The smallest absolute Gasteiger partial charge is 0.234 e. The molecule has 1 rings (SSSR count). The maximum atomic E-state index is 11.8. The number of hydrogen-bond acceptors (Lipinski definition) is 3. The monoisotopic (exact) mass is 242 g/mol. The summed E-state index contributed by atoms with van der Waals surface area (Å²) in [5.41, 5.74) is -0.303. The number of aliphatic hydroxyl groups excluding tert-OH is 1. The van der Waals surface area contributed by atoms with Crippen LogP contribution in [0.4, 0.5) is 0 Å². The third-order valence-electron chi connectivity index (χ3n) is 3.13. The molecule has 1 aliphatic heterocycles. The van der Waals surface area contributed by atoms with Crippen molar-refractivity contribution in [3.05, 3.63) is 0 Å². The molecule has 17 heavy (non-hydrogen) atoms. The van der Waals surface area contributed by atoms with Gasteiger partial charge in [0, 0.05) is 24.0 Å². The van der Waals surface area contributed by atoms with Crippen molar-refractivity contribution < 1.29 is 9.90 Å². The van der Waals surface area contributed by atoms with E-state index in [-0.39, 0.29) is 23.0 Å². The molecule has 0 radical (unpaired) electrons. The molecule has 0 aromatic carbocycles. The molecule has 1 unspecified atom stereocenters. The highest BCUT2D eigenvalue weighted by Gasteiger charge is 2.35. The summed E-state index contributed by atoms with van der Waals surface area (Å²) in [7, 11) is 0. The topological polar surface area (TPSA) is 52.6 Å². The van der Waals surface area contributed by atoms with Crippen LogP contribution in [0, 0.1) is 5.41 Å². The summed E-state index contributed by atoms with van der Waals surface area (Å²) in [6.45, 7) is 12.0. The molecule has 0 aromatic rings. The molecule has 0 aliphatic carbocycles. The van der Waals surface area contributed by atoms with E-state index in [9.17, 15) is 9.90 Å². The van der Waals surface area contributed by atoms with E-state index >= 15 is 0 Å². The molecule has 1 fully saturated rings. The number of piperidine rings is 1. The maximum absolute atomic E-state index is 11.8. The van der Waals surface area contributed by atoms with Crippen molar-refractivity contribution >= 4 is 5.91 Å². The van der Waals surface area contributed by atoms with Crippen LogP contribution >= 0.6 is 0 Å². The van der Waals surface area contributed by atoms with Crippen molar-refractivity contribution in [3.8, 4) is 0 Å². The average Bonchev–Trinajstić information content (AvgIpc) is 2.07. The Hall–Kier alpha value is -0.610. The molecule has 4 heteroatoms. The third-order valence-corrected chi connectivity index (χ3v) is 3.13. The van der Waals surface area contributed by atoms with Crippen molar-refractivity contribution in [2.45, 2.75) is 52.7 Å². The van der Waals surface area contributed by atoms with Gasteiger partial charge < -0.3 is 10.4 Å². The molecule has 0 aromatic heterocycles. The first-order chi connectivity index (χ1) is 7.60. The highest BCUT2D eigenvalue weighted by Crippen LogP contribution is 2.28. The number of rotatable bonds is 2. The molecule has 4 nitrogen and oxygen atoms in total. The standard InChI is InChI=1S/C13H26N2O2/c1-12(2,3)14-11(17)8-15-7-6-10(16)13(4,5)9-15/h10,16H,6-9H2,1-5H3,(H,14,17). The zero-order chi connectivity index (χ0) is 13.3. The van der Waals surface area contributed by atoms with E-state index < -0.39 is 0 Å². The van der Waals surface area contributed by atoms with Gasteiger partial charge in [-0.15, -0.1) is 0 Å². The van der Waals surface area contributed by atoms with Crippen LogP contribution in [-0.2, 0) is 4.79 Å². The highest BCUT2D eigenvalue weighted by atomic mass is 16.3. The molecule has 0 spiro atoms. The van der Waals surface area contributed by atoms with Crippen molar-refractivity contribution in [2.24, 2.45) is 5.41 Å². The van der Waals surface area contributed by atoms with E-state index in [0.717, 1.165) is 19.5 Å². The number of carbonyl (C=O) groups is 1. The van der Waals surface area contributed by atoms with Crippen molar-refractivity contribution in [2.75, 3.05) is 19.6 Å². The molecule has 1 aliphatic rings. The summed E-state index contributed by atoms with van der Waals surface area (Å²) in [6, 6.07) is 0. The second kappa shape index (κ2) is 4.94. The first-order valence-corrected chi connectivity index (χ1v) is 6.32. The van der Waals surface area contributed by atoms with E-state index in [1.165, 1.54) is 0 Å². The Morgan fingerprint density at radius 2 is 2.06 bits per heavy atom. The van der Waals surface area contributed by atoms with Gasteiger partial charge in [-0.3, -0.25) is 9.69 Å². The zero-order valence-corrected chi connectivity index (χ0v) is 11.7. The van der Waals surface area contributed by atoms with Gasteiger partial charge in [0.2, 0.25) is 5.91 Å². The van der Waals surface area contributed by atoms with Crippen molar-refractivity contribution in [3.63, 3.8) is 0 Å². The number of nitrogens with one attached hydrogen (secondary N) is 1. The summed E-state index contributed by atoms with van der Waals surface area (Å²) >= 11 is 0. The maximum Gasteiger partial charge on any atom is 0.234 e. The molecule has 1 saturated heterocycles. The second-order valence-electron chi connectivity index (χ2n) is 6.80. The Bertz CT molecular complexity index is 282. The zero-order valence-electron chi connectivity index (χ0n) is 11.7. The van der Waals surface area contributed by atoms with Gasteiger partial charge in [-0.1, -0.05) is 13.8 Å². The average molecular weight is 242 g/mol. The van der Waals surface area contributed by atoms with Crippen LogP contribution in [0.3, 0.4) is 0 Å². The Labute approximate surface area is 104 Å². The van der Waals surface area contributed by atoms with E-state index in [1.54, 1.807) is 0 Å². The third kappa shape index (κ3) is 4.64. The fourth-order valence-electron chi connectivity index (χ4n) is 2.25. The summed E-state index contributed by atoms with van der Waals surface area (Å²) in [6.07, 6.45) is 0.486. The number of carbonyl (C=O) groups excluding carboxylic acids is 1. The van der Waals surface area contributed by atoms with Crippen molar-refractivity contribution in [1.29, 1.82) is 0 Å². The summed E-state index contributed by atoms with van der Waals surface area (Å²) < 4.78 is 0. The van der Waals surface area contributed by atoms with Gasteiger partial charge in [-0.25, -0.2) is 0 Å². The molecule has 1 heterocycles. The fourth-order valence-corrected chi connectivity index (χ4v) is 2.25. The predicted molar refractivity (Wildman–Crippen MR) is 68.7 cm³/mol. The van der Waals surface area contributed by atoms with Crippen LogP contribution in [0.2, 0.25) is 0 Å². The van der Waals surface area contributed by atoms with E-state index in [1.807, 2.05) is 34.6 Å². The second-order valence-corrected chi connectivity index (χ2v) is 6.80. The Morgan fingerprint density at radius 1 is 1.47 bits per heavy atom. The summed E-state index contributed by atoms with van der Waals surface area (Å²) in [5.74, 6) is 0.0599. The normalized spacial score (nSPS) is 25.6. The number of likely N-dealkylation sites (tertiary alicyclic amines) is 1. The molecule has 100 valence electrons. The van der Waals surface area contributed by atoms with Gasteiger partial charge in [0.15, 0.2) is 0 Å². The lowest BCUT2D eigenvalue weighted by Gasteiger charge is -2.41. The van der Waals surface area contributed by atoms with E-state index in [2.05, 4.69) is 10.2 Å². The lowest BCUT2D eigenvalue weighted by molar-refractivity contribution is -0.125. The fraction of sp³-hybridized carbons (Fsp3) is 0.923. The van der Waals surface area contributed by atoms with Crippen LogP contribution in [0.1, 0.15) is 41.0 Å². The Kier molecular flexibility index (Phi) is 4.20. The number of aliphatic hydroxyl groups is 1. The SMILES string of the molecule is CC(C)(C)NC(=O)CN1CCC(O)C(C)(C)C1. The lowest BCUT2D eigenvalue weighted by Crippen LogP contribution is -2.53. The highest BCUT2D eigenvalue weighted by molar-refractivity contribution is 5.78. The number of nitrogens with zero attached hydrogens (tertiary/aromatic N) is 1. The first kappa shape index (κ1) is 14.5. The molecule has 0 saturated carbocycles. The van der Waals surface area contributed by atoms with Gasteiger partial charge in [0.25, 0.3) is 0 Å². The van der Waals surface area contributed by atoms with Crippen LogP contribution in [0.25, 0.3) is 0 Å². The minimum atomic E-state index is -0.260. The van der Waals surface area contributed by atoms with Gasteiger partial charge in [-0.05, 0) is 27.2 Å². The molecule has 0 bridgehead atoms. The van der Waals surface area contributed by atoms with Crippen molar-refractivity contribution in [1.82, 2.24) is 10.2 Å². The summed E-state index contributed by atoms with van der Waals surface area (Å²) in [4.78, 5) is 13.9. The Balaban J connectivity index is 2.46. The predicted octanol–water partition coefficient (Wildman–Crippen LogP) is 0.994. The van der Waals surface area contributed by atoms with Crippen LogP contribution in [0.5, 0.6) is 0 Å². The minimum Gasteiger partial charge on any atom is -0.392 e. The van der Waals surface area contributed by atoms with E-state index in [0.29, 0.717) is 6.54 Å². The molecule has 2 N–H and O–H groups in total. The van der Waals surface area contributed by atoms with Gasteiger partial charge in [0.1, 0.15) is 0 Å². The minimum absolute atomic E-state index is 0.0599. The molecular weight excluding hydrogens is 216 g/mol. The van der Waals surface area contributed by atoms with Crippen LogP contribution in [-0.4, -0.2) is 47.2 Å². The number of amides is 1. The molecule has 1 amide bonds.